The maximum atomic E-state index is 7.28. The number of furan rings is 3. The predicted molar refractivity (Wildman–Crippen MR) is 279 cm³/mol. The van der Waals surface area contributed by atoms with Crippen molar-refractivity contribution in [2.45, 2.75) is 78.6 Å². The van der Waals surface area contributed by atoms with Gasteiger partial charge in [0.05, 0.1) is 11.2 Å². The molecule has 5 heterocycles. The second-order valence-corrected chi connectivity index (χ2v) is 21.7. The molecule has 4 aromatic heterocycles. The summed E-state index contributed by atoms with van der Waals surface area (Å²) in [6.07, 6.45) is 0. The van der Waals surface area contributed by atoms with Crippen molar-refractivity contribution >= 4 is 117 Å². The highest BCUT2D eigenvalue weighted by atomic mass is 16.3. The van der Waals surface area contributed by atoms with Crippen LogP contribution in [0.3, 0.4) is 0 Å². The molecule has 13 rings (SSSR count). The molecule has 0 atom stereocenters. The molecule has 66 heavy (non-hydrogen) atoms. The van der Waals surface area contributed by atoms with Gasteiger partial charge in [0.2, 0.25) is 0 Å². The zero-order valence-electron chi connectivity index (χ0n) is 39.0. The molecule has 1 N–H and O–H groups in total. The van der Waals surface area contributed by atoms with Crippen LogP contribution in [0.4, 0.5) is 11.4 Å². The van der Waals surface area contributed by atoms with Crippen molar-refractivity contribution in [2.24, 2.45) is 0 Å². The summed E-state index contributed by atoms with van der Waals surface area (Å²) in [4.78, 5) is 0. The van der Waals surface area contributed by atoms with Gasteiger partial charge in [0, 0.05) is 83.2 Å². The molecule has 1 aliphatic rings. The Kier molecular flexibility index (Phi) is 7.86. The number of rotatable bonds is 3. The van der Waals surface area contributed by atoms with Gasteiger partial charge in [-0.15, -0.1) is 0 Å². The van der Waals surface area contributed by atoms with Crippen LogP contribution in [0.2, 0.25) is 0 Å². The molecule has 0 aliphatic carbocycles. The third-order valence-corrected chi connectivity index (χ3v) is 14.3. The van der Waals surface area contributed by atoms with Gasteiger partial charge in [-0.3, -0.25) is 0 Å². The molecule has 0 amide bonds. The van der Waals surface area contributed by atoms with Crippen LogP contribution in [0, 0.1) is 0 Å². The van der Waals surface area contributed by atoms with E-state index >= 15 is 0 Å². The summed E-state index contributed by atoms with van der Waals surface area (Å²) in [6.45, 7) is 20.5. The summed E-state index contributed by atoms with van der Waals surface area (Å²) in [5, 5.41) is 12.9. The molecular formula is C60H50BN2O3. The zero-order valence-corrected chi connectivity index (χ0v) is 39.0. The van der Waals surface area contributed by atoms with Crippen molar-refractivity contribution in [1.82, 2.24) is 4.57 Å². The van der Waals surface area contributed by atoms with Crippen LogP contribution < -0.4 is 16.2 Å². The minimum absolute atomic E-state index is 0.0281. The Bertz CT molecular complexity index is 4040. The van der Waals surface area contributed by atoms with Crippen LogP contribution in [-0.4, -0.2) is 11.8 Å². The normalized spacial score (nSPS) is 13.3. The van der Waals surface area contributed by atoms with Gasteiger partial charge in [0.25, 0.3) is 0 Å². The second-order valence-electron chi connectivity index (χ2n) is 21.7. The number of hydrogen-bond donors (Lipinski definition) is 1. The Morgan fingerprint density at radius 3 is 1.76 bits per heavy atom. The molecule has 0 saturated heterocycles. The molecule has 6 heteroatoms. The minimum atomic E-state index is -0.0606. The molecule has 1 radical (unpaired) electrons. The van der Waals surface area contributed by atoms with Crippen molar-refractivity contribution in [3.05, 3.63) is 150 Å². The maximum absolute atomic E-state index is 7.28. The number of nitrogens with one attached hydrogen (secondary N) is 1. The summed E-state index contributed by atoms with van der Waals surface area (Å²) in [7, 11) is 2.40. The fourth-order valence-corrected chi connectivity index (χ4v) is 10.7. The number of nitrogens with zero attached hydrogens (tertiary/aromatic N) is 1. The first kappa shape index (κ1) is 39.2. The lowest BCUT2D eigenvalue weighted by molar-refractivity contribution is 0.590. The number of fused-ring (bicyclic) bond motifs is 15. The first-order valence-electron chi connectivity index (χ1n) is 23.2. The van der Waals surface area contributed by atoms with Gasteiger partial charge in [-0.1, -0.05) is 135 Å². The van der Waals surface area contributed by atoms with E-state index in [2.05, 4.69) is 207 Å². The van der Waals surface area contributed by atoms with Gasteiger partial charge in [-0.2, -0.15) is 0 Å². The van der Waals surface area contributed by atoms with E-state index in [1.54, 1.807) is 0 Å². The fourth-order valence-electron chi connectivity index (χ4n) is 10.7. The maximum Gasteiger partial charge on any atom is 0.198 e. The smallest absolute Gasteiger partial charge is 0.198 e. The molecule has 5 nitrogen and oxygen atoms in total. The van der Waals surface area contributed by atoms with Gasteiger partial charge in [0.15, 0.2) is 7.28 Å². The molecule has 321 valence electrons. The summed E-state index contributed by atoms with van der Waals surface area (Å²) < 4.78 is 23.1. The van der Waals surface area contributed by atoms with Crippen molar-refractivity contribution in [1.29, 1.82) is 0 Å². The van der Waals surface area contributed by atoms with Crippen LogP contribution in [0.25, 0.3) is 104 Å². The third kappa shape index (κ3) is 5.66. The second kappa shape index (κ2) is 13.2. The van der Waals surface area contributed by atoms with E-state index in [4.69, 9.17) is 13.3 Å². The Labute approximate surface area is 384 Å². The Balaban J connectivity index is 1.20. The summed E-state index contributed by atoms with van der Waals surface area (Å²) in [6, 6.07) is 48.6. The molecule has 0 spiro atoms. The van der Waals surface area contributed by atoms with Gasteiger partial charge < -0.3 is 23.1 Å². The highest BCUT2D eigenvalue weighted by Crippen LogP contribution is 2.49. The number of anilines is 2. The Morgan fingerprint density at radius 1 is 0.470 bits per heavy atom. The van der Waals surface area contributed by atoms with E-state index in [1.165, 1.54) is 27.5 Å². The van der Waals surface area contributed by atoms with Crippen LogP contribution in [0.15, 0.2) is 147 Å². The SMILES string of the molecule is CC(C)(C)c1ccc(Nc2cc3oc4ccc(C(C)(C)C)cc4c3cc2-c2c3c4c(c5cc(C(C)(C)C)ccc5n4-c4cc5oc6ccccc6c5cc4[B]3)c3c2oc2ccccc23)cc1. The molecule has 12 aromatic rings. The van der Waals surface area contributed by atoms with Gasteiger partial charge >= 0.3 is 0 Å². The zero-order chi connectivity index (χ0) is 45.2. The Hall–Kier alpha value is -7.18. The quantitative estimate of drug-likeness (QED) is 0.180. The molecule has 8 aromatic carbocycles. The lowest BCUT2D eigenvalue weighted by Gasteiger charge is -2.24. The Morgan fingerprint density at radius 2 is 1.05 bits per heavy atom. The van der Waals surface area contributed by atoms with Crippen LogP contribution >= 0.6 is 0 Å². The monoisotopic (exact) mass is 857 g/mol. The van der Waals surface area contributed by atoms with E-state index in [-0.39, 0.29) is 16.2 Å². The van der Waals surface area contributed by atoms with E-state index < -0.39 is 0 Å². The molecular weight excluding hydrogens is 807 g/mol. The minimum Gasteiger partial charge on any atom is -0.456 e. The van der Waals surface area contributed by atoms with Crippen molar-refractivity contribution in [3.8, 4) is 16.8 Å². The topological polar surface area (TPSA) is 56.4 Å². The van der Waals surface area contributed by atoms with Crippen LogP contribution in [-0.2, 0) is 16.2 Å². The largest absolute Gasteiger partial charge is 0.456 e. The number of benzene rings is 8. The van der Waals surface area contributed by atoms with E-state index in [0.29, 0.717) is 0 Å². The average Bonchev–Trinajstić information content (AvgIpc) is 4.03. The molecule has 1 aliphatic heterocycles. The standard InChI is InChI=1S/C60H50BN2O3/c1-58(2,3)32-18-22-35(23-19-32)62-44-30-50-39(38-26-34(60(7,8)9)21-25-49(38)65-50)28-41(44)54-55-56-52(53-37-15-11-13-17-48(37)66-57(53)54)42-27-33(59(4,5)6)20-24-45(42)63(56)46-31-51-40(29-43(46)61-55)36-14-10-12-16-47(36)64-51/h10-31,62H,1-9H3. The number of hydrogen-bond acceptors (Lipinski definition) is 4. The number of aromatic nitrogens is 1. The fraction of sp³-hybridized carbons (Fsp3) is 0.200. The summed E-state index contributed by atoms with van der Waals surface area (Å²) in [5.74, 6) is 0. The van der Waals surface area contributed by atoms with Gasteiger partial charge in [-0.05, 0) is 93.0 Å². The van der Waals surface area contributed by atoms with E-state index in [0.717, 1.165) is 116 Å². The van der Waals surface area contributed by atoms with Gasteiger partial charge in [-0.25, -0.2) is 0 Å². The first-order chi connectivity index (χ1) is 31.6. The summed E-state index contributed by atoms with van der Waals surface area (Å²) >= 11 is 0. The highest BCUT2D eigenvalue weighted by Gasteiger charge is 2.33. The predicted octanol–water partition coefficient (Wildman–Crippen LogP) is 15.8. The van der Waals surface area contributed by atoms with Crippen LogP contribution in [0.1, 0.15) is 79.0 Å². The number of para-hydroxylation sites is 2. The average molecular weight is 858 g/mol. The lowest BCUT2D eigenvalue weighted by Crippen LogP contribution is -2.37. The highest BCUT2D eigenvalue weighted by molar-refractivity contribution is 6.74. The molecule has 0 bridgehead atoms. The van der Waals surface area contributed by atoms with E-state index in [1.807, 2.05) is 6.07 Å². The van der Waals surface area contributed by atoms with Crippen LogP contribution in [0.5, 0.6) is 0 Å². The lowest BCUT2D eigenvalue weighted by atomic mass is 9.58. The van der Waals surface area contributed by atoms with Crippen molar-refractivity contribution < 1.29 is 13.3 Å². The van der Waals surface area contributed by atoms with Crippen molar-refractivity contribution in [3.63, 3.8) is 0 Å². The third-order valence-electron chi connectivity index (χ3n) is 14.3. The van der Waals surface area contributed by atoms with Gasteiger partial charge in [0.1, 0.15) is 33.5 Å². The van der Waals surface area contributed by atoms with Crippen molar-refractivity contribution in [2.75, 3.05) is 5.32 Å². The molecule has 0 fully saturated rings. The summed E-state index contributed by atoms with van der Waals surface area (Å²) in [5.41, 5.74) is 18.6. The molecule has 0 unspecified atom stereocenters. The molecule has 0 saturated carbocycles. The first-order valence-corrected chi connectivity index (χ1v) is 23.2. The van der Waals surface area contributed by atoms with E-state index in [9.17, 15) is 0 Å².